The predicted octanol–water partition coefficient (Wildman–Crippen LogP) is 5.26. The van der Waals surface area contributed by atoms with E-state index in [0.717, 1.165) is 29.8 Å². The lowest BCUT2D eigenvalue weighted by Crippen LogP contribution is -2.28. The molecule has 0 radical (unpaired) electrons. The molecule has 4 rings (SSSR count). The molecule has 0 spiro atoms. The normalized spacial score (nSPS) is 12.7. The first kappa shape index (κ1) is 22.5. The van der Waals surface area contributed by atoms with E-state index in [9.17, 15) is 13.2 Å². The first-order valence-electron chi connectivity index (χ1n) is 9.98. The molecule has 0 aromatic heterocycles. The van der Waals surface area contributed by atoms with Crippen molar-refractivity contribution < 1.29 is 13.2 Å². The Hall–Kier alpha value is -2.74. The minimum Gasteiger partial charge on any atom is -0.384 e. The van der Waals surface area contributed by atoms with Crippen LogP contribution in [0.3, 0.4) is 0 Å². The molecule has 0 atom stereocenters. The van der Waals surface area contributed by atoms with E-state index in [4.69, 9.17) is 23.2 Å². The molecule has 1 aliphatic heterocycles. The van der Waals surface area contributed by atoms with Crippen molar-refractivity contribution in [1.82, 2.24) is 5.32 Å². The van der Waals surface area contributed by atoms with Crippen molar-refractivity contribution in [3.63, 3.8) is 0 Å². The smallest absolute Gasteiger partial charge is 0.319 e. The first-order chi connectivity index (χ1) is 15.3. The van der Waals surface area contributed by atoms with Gasteiger partial charge in [-0.05, 0) is 59.5 Å². The van der Waals surface area contributed by atoms with E-state index in [1.807, 2.05) is 18.2 Å². The average Bonchev–Trinajstić information content (AvgIpc) is 3.23. The highest BCUT2D eigenvalue weighted by molar-refractivity contribution is 7.90. The highest BCUT2D eigenvalue weighted by atomic mass is 35.5. The number of hydrogen-bond acceptors (Lipinski definition) is 4. The van der Waals surface area contributed by atoms with Gasteiger partial charge in [0.25, 0.3) is 0 Å². The lowest BCUT2D eigenvalue weighted by molar-refractivity contribution is 0.251. The van der Waals surface area contributed by atoms with Crippen molar-refractivity contribution in [3.05, 3.63) is 87.4 Å². The summed E-state index contributed by atoms with van der Waals surface area (Å²) >= 11 is 12.1. The van der Waals surface area contributed by atoms with Crippen LogP contribution in [0.25, 0.3) is 0 Å². The average molecular weight is 490 g/mol. The maximum absolute atomic E-state index is 12.8. The fraction of sp³-hybridized carbons (Fsp3) is 0.174. The molecule has 0 saturated heterocycles. The molecule has 166 valence electrons. The summed E-state index contributed by atoms with van der Waals surface area (Å²) in [5.74, 6) is -0.0755. The van der Waals surface area contributed by atoms with E-state index in [-0.39, 0.29) is 17.2 Å². The highest BCUT2D eigenvalue weighted by Crippen LogP contribution is 2.26. The zero-order chi connectivity index (χ0) is 22.7. The van der Waals surface area contributed by atoms with Crippen LogP contribution in [0.2, 0.25) is 10.0 Å². The van der Waals surface area contributed by atoms with Crippen molar-refractivity contribution >= 4 is 50.4 Å². The summed E-state index contributed by atoms with van der Waals surface area (Å²) in [6.45, 7) is 1.08. The summed E-state index contributed by atoms with van der Waals surface area (Å²) in [6, 6.07) is 16.6. The van der Waals surface area contributed by atoms with E-state index >= 15 is 0 Å². The molecular weight excluding hydrogens is 469 g/mol. The van der Waals surface area contributed by atoms with Crippen molar-refractivity contribution in [2.75, 3.05) is 17.2 Å². The van der Waals surface area contributed by atoms with Gasteiger partial charge in [-0.15, -0.1) is 0 Å². The van der Waals surface area contributed by atoms with Crippen molar-refractivity contribution in [3.8, 4) is 0 Å². The Kier molecular flexibility index (Phi) is 6.60. The predicted molar refractivity (Wildman–Crippen MR) is 128 cm³/mol. The maximum atomic E-state index is 12.8. The third kappa shape index (κ3) is 5.18. The van der Waals surface area contributed by atoms with Crippen LogP contribution in [0.5, 0.6) is 0 Å². The molecule has 2 amide bonds. The van der Waals surface area contributed by atoms with E-state index in [0.29, 0.717) is 21.3 Å². The van der Waals surface area contributed by atoms with Crippen molar-refractivity contribution in [2.45, 2.75) is 23.6 Å². The quantitative estimate of drug-likeness (QED) is 0.440. The van der Waals surface area contributed by atoms with Gasteiger partial charge < -0.3 is 16.0 Å². The lowest BCUT2D eigenvalue weighted by atomic mass is 10.1. The van der Waals surface area contributed by atoms with Gasteiger partial charge in [-0.25, -0.2) is 13.2 Å². The number of fused-ring (bicyclic) bond motifs is 1. The first-order valence-corrected chi connectivity index (χ1v) is 12.4. The number of hydrogen-bond donors (Lipinski definition) is 3. The van der Waals surface area contributed by atoms with Crippen molar-refractivity contribution in [2.24, 2.45) is 0 Å². The number of nitrogens with one attached hydrogen (secondary N) is 3. The van der Waals surface area contributed by atoms with Crippen LogP contribution >= 0.6 is 23.2 Å². The lowest BCUT2D eigenvalue weighted by Gasteiger charge is -2.10. The Morgan fingerprint density at radius 3 is 2.59 bits per heavy atom. The number of urea groups is 1. The fourth-order valence-corrected chi connectivity index (χ4v) is 5.25. The standard InChI is InChI=1S/C23H21Cl2N3O3S/c24-20-3-1-2-17(22(20)25)13-27-23(29)28-18-5-7-19(8-6-18)32(30,31)14-15-4-9-21-16(12-15)10-11-26-21/h1-9,12,26H,10-11,13-14H2,(H2,27,28,29). The van der Waals surface area contributed by atoms with Crippen LogP contribution in [-0.4, -0.2) is 21.0 Å². The van der Waals surface area contributed by atoms with Gasteiger partial charge in [-0.3, -0.25) is 0 Å². The highest BCUT2D eigenvalue weighted by Gasteiger charge is 2.18. The Labute approximate surface area is 196 Å². The number of benzene rings is 3. The molecule has 1 aliphatic rings. The molecule has 3 aromatic rings. The number of carbonyl (C=O) groups excluding carboxylic acids is 1. The van der Waals surface area contributed by atoms with Gasteiger partial charge in [0.2, 0.25) is 0 Å². The van der Waals surface area contributed by atoms with Crippen LogP contribution in [0.15, 0.2) is 65.6 Å². The molecule has 3 aromatic carbocycles. The summed E-state index contributed by atoms with van der Waals surface area (Å²) in [7, 11) is -3.51. The zero-order valence-electron chi connectivity index (χ0n) is 17.0. The Balaban J connectivity index is 1.36. The molecule has 6 nitrogen and oxygen atoms in total. The Bertz CT molecular complexity index is 1260. The second kappa shape index (κ2) is 9.40. The second-order valence-corrected chi connectivity index (χ2v) is 10.2. The Morgan fingerprint density at radius 1 is 1.03 bits per heavy atom. The van der Waals surface area contributed by atoms with Crippen LogP contribution in [0, 0.1) is 0 Å². The van der Waals surface area contributed by atoms with Gasteiger partial charge in [0.1, 0.15) is 0 Å². The summed E-state index contributed by atoms with van der Waals surface area (Å²) in [6.07, 6.45) is 0.898. The fourth-order valence-electron chi connectivity index (χ4n) is 3.53. The van der Waals surface area contributed by atoms with E-state index in [2.05, 4.69) is 16.0 Å². The number of carbonyl (C=O) groups is 1. The van der Waals surface area contributed by atoms with E-state index < -0.39 is 15.9 Å². The molecule has 32 heavy (non-hydrogen) atoms. The molecule has 9 heteroatoms. The minimum atomic E-state index is -3.51. The molecule has 3 N–H and O–H groups in total. The summed E-state index contributed by atoms with van der Waals surface area (Å²) < 4.78 is 25.6. The van der Waals surface area contributed by atoms with Crippen LogP contribution in [0.4, 0.5) is 16.2 Å². The van der Waals surface area contributed by atoms with Crippen LogP contribution in [-0.2, 0) is 28.6 Å². The largest absolute Gasteiger partial charge is 0.384 e. The molecule has 0 saturated carbocycles. The van der Waals surface area contributed by atoms with Gasteiger partial charge in [0.05, 0.1) is 20.7 Å². The second-order valence-electron chi connectivity index (χ2n) is 7.47. The summed E-state index contributed by atoms with van der Waals surface area (Å²) in [4.78, 5) is 12.4. The topological polar surface area (TPSA) is 87.3 Å². The number of sulfone groups is 1. The third-order valence-electron chi connectivity index (χ3n) is 5.18. The third-order valence-corrected chi connectivity index (χ3v) is 7.74. The number of halogens is 2. The molecule has 0 aliphatic carbocycles. The number of anilines is 2. The van der Waals surface area contributed by atoms with E-state index in [1.54, 1.807) is 30.3 Å². The Morgan fingerprint density at radius 2 is 1.81 bits per heavy atom. The minimum absolute atomic E-state index is 0.0755. The van der Waals surface area contributed by atoms with E-state index in [1.165, 1.54) is 12.1 Å². The summed E-state index contributed by atoms with van der Waals surface area (Å²) in [5.41, 5.74) is 4.13. The molecular formula is C23H21Cl2N3O3S. The zero-order valence-corrected chi connectivity index (χ0v) is 19.3. The van der Waals surface area contributed by atoms with Gasteiger partial charge in [-0.1, -0.05) is 47.5 Å². The molecule has 1 heterocycles. The van der Waals surface area contributed by atoms with Gasteiger partial charge in [-0.2, -0.15) is 0 Å². The van der Waals surface area contributed by atoms with Gasteiger partial charge in [0, 0.05) is 24.5 Å². The van der Waals surface area contributed by atoms with Gasteiger partial charge in [0.15, 0.2) is 9.84 Å². The van der Waals surface area contributed by atoms with Crippen molar-refractivity contribution in [1.29, 1.82) is 0 Å². The number of rotatable bonds is 6. The number of amides is 2. The molecule has 0 bridgehead atoms. The SMILES string of the molecule is O=C(NCc1cccc(Cl)c1Cl)Nc1ccc(S(=O)(=O)Cc2ccc3c(c2)CCN3)cc1. The molecule has 0 unspecified atom stereocenters. The van der Waals surface area contributed by atoms with Crippen LogP contribution < -0.4 is 16.0 Å². The molecule has 0 fully saturated rings. The van der Waals surface area contributed by atoms with Crippen LogP contribution in [0.1, 0.15) is 16.7 Å². The maximum Gasteiger partial charge on any atom is 0.319 e. The summed E-state index contributed by atoms with van der Waals surface area (Å²) in [5, 5.41) is 9.45. The van der Waals surface area contributed by atoms with Gasteiger partial charge >= 0.3 is 6.03 Å². The monoisotopic (exact) mass is 489 g/mol.